The number of thioether (sulfide) groups is 1. The Labute approximate surface area is 183 Å². The lowest BCUT2D eigenvalue weighted by atomic mass is 10.1. The van der Waals surface area contributed by atoms with Gasteiger partial charge in [-0.25, -0.2) is 4.68 Å². The molecule has 3 aromatic rings. The molecule has 0 atom stereocenters. The highest BCUT2D eigenvalue weighted by atomic mass is 32.2. The Morgan fingerprint density at radius 1 is 1.24 bits per heavy atom. The van der Waals surface area contributed by atoms with E-state index in [0.29, 0.717) is 10.5 Å². The first-order chi connectivity index (χ1) is 14.0. The number of rotatable bonds is 7. The van der Waals surface area contributed by atoms with Crippen LogP contribution >= 0.6 is 35.3 Å². The maximum absolute atomic E-state index is 12.9. The van der Waals surface area contributed by atoms with Crippen LogP contribution in [0, 0.1) is 29.1 Å². The van der Waals surface area contributed by atoms with Crippen LogP contribution in [0.3, 0.4) is 0 Å². The molecule has 148 valence electrons. The van der Waals surface area contributed by atoms with Crippen molar-refractivity contribution in [2.75, 3.05) is 17.2 Å². The number of carbonyl (C=O) groups excluding carboxylic acids is 1. The Bertz CT molecular complexity index is 1080. The number of hydrogen-bond donors (Lipinski definition) is 0. The Hall–Kier alpha value is -2.47. The lowest BCUT2D eigenvalue weighted by Gasteiger charge is -2.22. The van der Waals surface area contributed by atoms with Crippen molar-refractivity contribution in [1.29, 1.82) is 5.26 Å². The van der Waals surface area contributed by atoms with Gasteiger partial charge in [-0.2, -0.15) is 5.26 Å². The van der Waals surface area contributed by atoms with Crippen LogP contribution in [0.25, 0.3) is 5.69 Å². The van der Waals surface area contributed by atoms with E-state index in [9.17, 15) is 4.79 Å². The van der Waals surface area contributed by atoms with E-state index in [-0.39, 0.29) is 18.1 Å². The number of amides is 1. The summed E-state index contributed by atoms with van der Waals surface area (Å²) in [5.41, 5.74) is 3.90. The largest absolute Gasteiger partial charge is 0.311 e. The van der Waals surface area contributed by atoms with Crippen molar-refractivity contribution >= 4 is 46.9 Å². The molecule has 1 amide bonds. The second kappa shape index (κ2) is 9.83. The van der Waals surface area contributed by atoms with Crippen LogP contribution in [-0.4, -0.2) is 28.0 Å². The van der Waals surface area contributed by atoms with Crippen LogP contribution in [0.4, 0.5) is 5.69 Å². The smallest absolute Gasteiger partial charge is 0.237 e. The summed E-state index contributed by atoms with van der Waals surface area (Å²) in [5, 5.41) is 13.5. The molecule has 1 aromatic heterocycles. The van der Waals surface area contributed by atoms with Crippen LogP contribution in [0.15, 0.2) is 52.9 Å². The van der Waals surface area contributed by atoms with Crippen molar-refractivity contribution in [2.45, 2.75) is 24.6 Å². The predicted octanol–water partition coefficient (Wildman–Crippen LogP) is 5.32. The van der Waals surface area contributed by atoms with Crippen molar-refractivity contribution in [3.63, 3.8) is 0 Å². The molecule has 8 heteroatoms. The molecule has 0 saturated carbocycles. The molecule has 0 fully saturated rings. The number of hydrogen-bond acceptors (Lipinski definition) is 6. The third kappa shape index (κ3) is 5.54. The number of nitrogens with zero attached hydrogens (tertiary/aromatic N) is 4. The highest BCUT2D eigenvalue weighted by molar-refractivity contribution is 8.01. The van der Waals surface area contributed by atoms with Gasteiger partial charge in [-0.1, -0.05) is 47.4 Å². The van der Waals surface area contributed by atoms with E-state index in [0.717, 1.165) is 26.8 Å². The fourth-order valence-corrected chi connectivity index (χ4v) is 5.16. The molecule has 1 heterocycles. The minimum absolute atomic E-state index is 0.0531. The van der Waals surface area contributed by atoms with Gasteiger partial charge >= 0.3 is 0 Å². The van der Waals surface area contributed by atoms with Gasteiger partial charge in [-0.15, -0.1) is 5.10 Å². The summed E-state index contributed by atoms with van der Waals surface area (Å²) in [7, 11) is 0. The number of carbonyl (C=O) groups is 1. The summed E-state index contributed by atoms with van der Waals surface area (Å²) in [4.78, 5) is 14.6. The first kappa shape index (κ1) is 21.2. The number of benzene rings is 2. The molecular weight excluding hydrogens is 420 g/mol. The molecule has 0 unspecified atom stereocenters. The van der Waals surface area contributed by atoms with Crippen LogP contribution < -0.4 is 4.90 Å². The molecule has 5 nitrogen and oxygen atoms in total. The van der Waals surface area contributed by atoms with E-state index in [1.54, 1.807) is 9.58 Å². The normalized spacial score (nSPS) is 10.5. The van der Waals surface area contributed by atoms with Crippen LogP contribution in [-0.2, 0) is 4.79 Å². The van der Waals surface area contributed by atoms with Crippen molar-refractivity contribution < 1.29 is 4.79 Å². The molecule has 0 radical (unpaired) electrons. The molecule has 0 saturated heterocycles. The zero-order valence-corrected chi connectivity index (χ0v) is 18.6. The lowest BCUT2D eigenvalue weighted by molar-refractivity contribution is -0.116. The predicted molar refractivity (Wildman–Crippen MR) is 121 cm³/mol. The van der Waals surface area contributed by atoms with Crippen molar-refractivity contribution in [3.05, 3.63) is 63.6 Å². The molecule has 0 spiro atoms. The van der Waals surface area contributed by atoms with E-state index >= 15 is 0 Å². The standard InChI is InChI=1S/C21H20N4OS3/c1-15-11-16(2)13-18(12-15)24(10-6-9-22)19(26)14-28-20-23-25(21(27)29-20)17-7-4-3-5-8-17/h3-5,7-8,11-13H,6,10,14H2,1-2H3. The topological polar surface area (TPSA) is 61.9 Å². The molecule has 0 aliphatic carbocycles. The van der Waals surface area contributed by atoms with Gasteiger partial charge in [-0.3, -0.25) is 4.79 Å². The summed E-state index contributed by atoms with van der Waals surface area (Å²) in [6, 6.07) is 17.8. The Kier molecular flexibility index (Phi) is 7.20. The number of aromatic nitrogens is 2. The Morgan fingerprint density at radius 2 is 1.93 bits per heavy atom. The molecule has 29 heavy (non-hydrogen) atoms. The molecule has 0 N–H and O–H groups in total. The summed E-state index contributed by atoms with van der Waals surface area (Å²) in [5.74, 6) is 0.179. The second-order valence-corrected chi connectivity index (χ2v) is 9.31. The van der Waals surface area contributed by atoms with Gasteiger partial charge in [0.2, 0.25) is 5.91 Å². The zero-order valence-electron chi connectivity index (χ0n) is 16.2. The second-order valence-electron chi connectivity index (χ2n) is 6.47. The minimum Gasteiger partial charge on any atom is -0.311 e. The average molecular weight is 441 g/mol. The maximum Gasteiger partial charge on any atom is 0.237 e. The summed E-state index contributed by atoms with van der Waals surface area (Å²) in [6.45, 7) is 4.37. The molecule has 0 aliphatic rings. The number of anilines is 1. The van der Waals surface area contributed by atoms with Gasteiger partial charge in [-0.05, 0) is 61.5 Å². The van der Waals surface area contributed by atoms with E-state index in [1.165, 1.54) is 23.1 Å². The van der Waals surface area contributed by atoms with Crippen molar-refractivity contribution in [1.82, 2.24) is 9.78 Å². The van der Waals surface area contributed by atoms with Crippen LogP contribution in [0.5, 0.6) is 0 Å². The van der Waals surface area contributed by atoms with E-state index in [4.69, 9.17) is 17.5 Å². The molecule has 2 aromatic carbocycles. The van der Waals surface area contributed by atoms with E-state index < -0.39 is 0 Å². The van der Waals surface area contributed by atoms with Crippen molar-refractivity contribution in [3.8, 4) is 11.8 Å². The third-order valence-electron chi connectivity index (χ3n) is 4.12. The fraction of sp³-hybridized carbons (Fsp3) is 0.238. The molecule has 0 bridgehead atoms. The summed E-state index contributed by atoms with van der Waals surface area (Å²) in [6.07, 6.45) is 0.283. The van der Waals surface area contributed by atoms with Gasteiger partial charge < -0.3 is 4.90 Å². The molecule has 3 rings (SSSR count). The highest BCUT2D eigenvalue weighted by Gasteiger charge is 2.18. The van der Waals surface area contributed by atoms with Gasteiger partial charge in [0.15, 0.2) is 8.29 Å². The zero-order chi connectivity index (χ0) is 20.8. The third-order valence-corrected chi connectivity index (χ3v) is 6.47. The van der Waals surface area contributed by atoms with Crippen LogP contribution in [0.2, 0.25) is 0 Å². The average Bonchev–Trinajstić information content (AvgIpc) is 3.07. The van der Waals surface area contributed by atoms with Crippen molar-refractivity contribution in [2.24, 2.45) is 0 Å². The lowest BCUT2D eigenvalue weighted by Crippen LogP contribution is -2.33. The number of nitriles is 1. The van der Waals surface area contributed by atoms with Crippen LogP contribution in [0.1, 0.15) is 17.5 Å². The minimum atomic E-state index is -0.0531. The van der Waals surface area contributed by atoms with Gasteiger partial charge in [0.05, 0.1) is 23.9 Å². The highest BCUT2D eigenvalue weighted by Crippen LogP contribution is 2.26. The van der Waals surface area contributed by atoms with Gasteiger partial charge in [0, 0.05) is 12.2 Å². The summed E-state index contributed by atoms with van der Waals surface area (Å²) >= 11 is 8.18. The SMILES string of the molecule is Cc1cc(C)cc(N(CCC#N)C(=O)CSc2nn(-c3ccccc3)c(=S)s2)c1. The summed E-state index contributed by atoms with van der Waals surface area (Å²) < 4.78 is 3.10. The van der Waals surface area contributed by atoms with Gasteiger partial charge in [0.1, 0.15) is 0 Å². The number of para-hydroxylation sites is 1. The Morgan fingerprint density at radius 3 is 2.59 bits per heavy atom. The Balaban J connectivity index is 1.75. The quantitative estimate of drug-likeness (QED) is 0.368. The molecular formula is C21H20N4OS3. The molecule has 0 aliphatic heterocycles. The van der Waals surface area contributed by atoms with E-state index in [2.05, 4.69) is 17.2 Å². The first-order valence-corrected chi connectivity index (χ1v) is 11.2. The number of aryl methyl sites for hydroxylation is 2. The first-order valence-electron chi connectivity index (χ1n) is 9.02. The van der Waals surface area contributed by atoms with Gasteiger partial charge in [0.25, 0.3) is 0 Å². The van der Waals surface area contributed by atoms with E-state index in [1.807, 2.05) is 56.3 Å². The fourth-order valence-electron chi connectivity index (χ4n) is 2.92. The monoisotopic (exact) mass is 440 g/mol. The maximum atomic E-state index is 12.9.